The fraction of sp³-hybridized carbons (Fsp3) is 0.250. The van der Waals surface area contributed by atoms with Gasteiger partial charge >= 0.3 is 6.03 Å². The summed E-state index contributed by atoms with van der Waals surface area (Å²) < 4.78 is 0. The number of aromatic nitrogens is 4. The molecule has 168 valence electrons. The zero-order valence-corrected chi connectivity index (χ0v) is 18.7. The molecular formula is C24H26N8O. The molecule has 33 heavy (non-hydrogen) atoms. The molecule has 1 aromatic carbocycles. The first kappa shape index (κ1) is 20.7. The second-order valence-corrected chi connectivity index (χ2v) is 8.32. The summed E-state index contributed by atoms with van der Waals surface area (Å²) in [5, 5.41) is 14.9. The van der Waals surface area contributed by atoms with E-state index in [1.807, 2.05) is 24.4 Å². The first-order chi connectivity index (χ1) is 16.1. The molecule has 2 amide bonds. The Labute approximate surface area is 191 Å². The number of H-pyrrole nitrogens is 1. The highest BCUT2D eigenvalue weighted by atomic mass is 16.2. The van der Waals surface area contributed by atoms with E-state index in [1.165, 1.54) is 11.3 Å². The number of carbonyl (C=O) groups excluding carboxylic acids is 1. The molecule has 0 saturated carbocycles. The normalized spacial score (nSPS) is 13.0. The largest absolute Gasteiger partial charge is 0.378 e. The van der Waals surface area contributed by atoms with Gasteiger partial charge in [0.15, 0.2) is 0 Å². The molecule has 0 bridgehead atoms. The second-order valence-electron chi connectivity index (χ2n) is 8.32. The summed E-state index contributed by atoms with van der Waals surface area (Å²) in [7, 11) is 3.40. The SMILES string of the molecule is CN(C)C(=O)Nc1cncc(-c2ccc3n[nH]c(CNc4ccc(N5CCC5)nc4)c3c2)c1. The summed E-state index contributed by atoms with van der Waals surface area (Å²) in [6.07, 6.45) is 6.53. The Balaban J connectivity index is 1.33. The van der Waals surface area contributed by atoms with E-state index in [1.54, 1.807) is 26.5 Å². The summed E-state index contributed by atoms with van der Waals surface area (Å²) in [5.74, 6) is 1.03. The predicted octanol–water partition coefficient (Wildman–Crippen LogP) is 3.94. The second kappa shape index (κ2) is 8.78. The molecule has 0 aliphatic carbocycles. The Morgan fingerprint density at radius 3 is 2.67 bits per heavy atom. The van der Waals surface area contributed by atoms with Gasteiger partial charge in [0.1, 0.15) is 5.82 Å². The van der Waals surface area contributed by atoms with Gasteiger partial charge in [-0.05, 0) is 42.3 Å². The van der Waals surface area contributed by atoms with E-state index in [2.05, 4.69) is 53.9 Å². The monoisotopic (exact) mass is 442 g/mol. The molecule has 1 aliphatic heterocycles. The van der Waals surface area contributed by atoms with Gasteiger partial charge in [0.25, 0.3) is 0 Å². The Morgan fingerprint density at radius 2 is 1.94 bits per heavy atom. The fourth-order valence-corrected chi connectivity index (χ4v) is 3.69. The van der Waals surface area contributed by atoms with Crippen molar-refractivity contribution in [3.05, 3.63) is 60.7 Å². The third-order valence-electron chi connectivity index (χ3n) is 5.76. The molecule has 1 saturated heterocycles. The van der Waals surface area contributed by atoms with Crippen LogP contribution in [0, 0.1) is 0 Å². The lowest BCUT2D eigenvalue weighted by atomic mass is 10.0. The molecule has 0 atom stereocenters. The average Bonchev–Trinajstić information content (AvgIpc) is 3.20. The Morgan fingerprint density at radius 1 is 1.06 bits per heavy atom. The van der Waals surface area contributed by atoms with Crippen LogP contribution in [0.1, 0.15) is 12.1 Å². The van der Waals surface area contributed by atoms with Crippen molar-refractivity contribution < 1.29 is 4.79 Å². The molecule has 1 fully saturated rings. The highest BCUT2D eigenvalue weighted by Gasteiger charge is 2.15. The molecule has 0 radical (unpaired) electrons. The zero-order valence-electron chi connectivity index (χ0n) is 18.7. The van der Waals surface area contributed by atoms with Crippen LogP contribution in [0.2, 0.25) is 0 Å². The Hall–Kier alpha value is -4.14. The third-order valence-corrected chi connectivity index (χ3v) is 5.76. The highest BCUT2D eigenvalue weighted by Crippen LogP contribution is 2.27. The van der Waals surface area contributed by atoms with E-state index >= 15 is 0 Å². The van der Waals surface area contributed by atoms with Crippen molar-refractivity contribution in [2.24, 2.45) is 0 Å². The minimum Gasteiger partial charge on any atom is -0.378 e. The molecular weight excluding hydrogens is 416 g/mol. The fourth-order valence-electron chi connectivity index (χ4n) is 3.69. The maximum absolute atomic E-state index is 12.0. The first-order valence-corrected chi connectivity index (χ1v) is 10.9. The minimum absolute atomic E-state index is 0.194. The lowest BCUT2D eigenvalue weighted by Crippen LogP contribution is -2.37. The molecule has 0 unspecified atom stereocenters. The lowest BCUT2D eigenvalue weighted by molar-refractivity contribution is 0.230. The van der Waals surface area contributed by atoms with E-state index in [0.717, 1.165) is 52.3 Å². The smallest absolute Gasteiger partial charge is 0.321 e. The number of carbonyl (C=O) groups is 1. The van der Waals surface area contributed by atoms with Crippen LogP contribution >= 0.6 is 0 Å². The standard InChI is InChI=1S/C24H26N8O/c1-31(2)24(33)28-19-10-17(12-25-13-19)16-4-6-21-20(11-16)22(30-29-21)15-26-18-5-7-23(27-14-18)32-8-3-9-32/h4-7,10-14,26H,3,8-9,15H2,1-2H3,(H,28,33)(H,29,30). The molecule has 3 N–H and O–H groups in total. The van der Waals surface area contributed by atoms with Crippen LogP contribution in [-0.2, 0) is 6.54 Å². The summed E-state index contributed by atoms with van der Waals surface area (Å²) >= 11 is 0. The van der Waals surface area contributed by atoms with Gasteiger partial charge in [0.05, 0.1) is 41.5 Å². The molecule has 4 aromatic rings. The van der Waals surface area contributed by atoms with Crippen molar-refractivity contribution in [2.75, 3.05) is 42.7 Å². The van der Waals surface area contributed by atoms with Gasteiger partial charge < -0.3 is 20.4 Å². The van der Waals surface area contributed by atoms with Crippen LogP contribution in [0.25, 0.3) is 22.0 Å². The van der Waals surface area contributed by atoms with Crippen LogP contribution in [0.4, 0.5) is 22.0 Å². The Bertz CT molecular complexity index is 1280. The summed E-state index contributed by atoms with van der Waals surface area (Å²) in [6.45, 7) is 2.77. The number of hydrogen-bond donors (Lipinski definition) is 3. The van der Waals surface area contributed by atoms with Crippen molar-refractivity contribution in [3.8, 4) is 11.1 Å². The maximum atomic E-state index is 12.0. The number of nitrogens with one attached hydrogen (secondary N) is 3. The van der Waals surface area contributed by atoms with Gasteiger partial charge in [0, 0.05) is 44.3 Å². The third kappa shape index (κ3) is 4.43. The van der Waals surface area contributed by atoms with Crippen LogP contribution in [0.5, 0.6) is 0 Å². The maximum Gasteiger partial charge on any atom is 0.321 e. The van der Waals surface area contributed by atoms with Crippen LogP contribution in [0.15, 0.2) is 55.0 Å². The molecule has 9 heteroatoms. The molecule has 3 aromatic heterocycles. The van der Waals surface area contributed by atoms with Gasteiger partial charge in [-0.1, -0.05) is 6.07 Å². The number of pyridine rings is 2. The highest BCUT2D eigenvalue weighted by molar-refractivity contribution is 5.90. The number of amides is 2. The molecule has 1 aliphatic rings. The predicted molar refractivity (Wildman–Crippen MR) is 130 cm³/mol. The van der Waals surface area contributed by atoms with Gasteiger partial charge in [-0.2, -0.15) is 5.10 Å². The van der Waals surface area contributed by atoms with Gasteiger partial charge in [-0.25, -0.2) is 9.78 Å². The van der Waals surface area contributed by atoms with E-state index < -0.39 is 0 Å². The molecule has 0 spiro atoms. The minimum atomic E-state index is -0.194. The lowest BCUT2D eigenvalue weighted by Gasteiger charge is -2.31. The Kier molecular flexibility index (Phi) is 5.52. The number of anilines is 3. The summed E-state index contributed by atoms with van der Waals surface area (Å²) in [4.78, 5) is 24.6. The van der Waals surface area contributed by atoms with Gasteiger partial charge in [-0.3, -0.25) is 10.1 Å². The van der Waals surface area contributed by atoms with E-state index in [0.29, 0.717) is 12.2 Å². The van der Waals surface area contributed by atoms with Crippen molar-refractivity contribution >= 4 is 34.1 Å². The van der Waals surface area contributed by atoms with Gasteiger partial charge in [-0.15, -0.1) is 0 Å². The number of urea groups is 1. The van der Waals surface area contributed by atoms with E-state index in [-0.39, 0.29) is 6.03 Å². The first-order valence-electron chi connectivity index (χ1n) is 10.9. The van der Waals surface area contributed by atoms with Crippen molar-refractivity contribution in [2.45, 2.75) is 13.0 Å². The number of nitrogens with zero attached hydrogens (tertiary/aromatic N) is 5. The van der Waals surface area contributed by atoms with Crippen molar-refractivity contribution in [3.63, 3.8) is 0 Å². The molecule has 5 rings (SSSR count). The zero-order chi connectivity index (χ0) is 22.8. The molecule has 4 heterocycles. The van der Waals surface area contributed by atoms with Crippen LogP contribution in [-0.4, -0.2) is 58.3 Å². The quantitative estimate of drug-likeness (QED) is 0.418. The topological polar surface area (TPSA) is 102 Å². The average molecular weight is 443 g/mol. The van der Waals surface area contributed by atoms with Crippen LogP contribution < -0.4 is 15.5 Å². The summed E-state index contributed by atoms with van der Waals surface area (Å²) in [6, 6.07) is 11.9. The van der Waals surface area contributed by atoms with Crippen molar-refractivity contribution in [1.29, 1.82) is 0 Å². The van der Waals surface area contributed by atoms with Crippen molar-refractivity contribution in [1.82, 2.24) is 25.1 Å². The van der Waals surface area contributed by atoms with E-state index in [4.69, 9.17) is 0 Å². The number of aromatic amines is 1. The number of rotatable bonds is 6. The number of hydrogen-bond acceptors (Lipinski definition) is 6. The van der Waals surface area contributed by atoms with E-state index in [9.17, 15) is 4.79 Å². The molecule has 9 nitrogen and oxygen atoms in total. The van der Waals surface area contributed by atoms with Gasteiger partial charge in [0.2, 0.25) is 0 Å². The number of fused-ring (bicyclic) bond motifs is 1. The summed E-state index contributed by atoms with van der Waals surface area (Å²) in [5.41, 5.74) is 5.41. The number of benzene rings is 1. The van der Waals surface area contributed by atoms with Crippen LogP contribution in [0.3, 0.4) is 0 Å².